The first-order chi connectivity index (χ1) is 5.33. The van der Waals surface area contributed by atoms with Crippen molar-refractivity contribution in [3.05, 3.63) is 16.6 Å². The summed E-state index contributed by atoms with van der Waals surface area (Å²) in [6, 6.07) is 0. The van der Waals surface area contributed by atoms with Gasteiger partial charge in [-0.05, 0) is 6.92 Å². The van der Waals surface area contributed by atoms with Gasteiger partial charge in [-0.15, -0.1) is 11.3 Å². The number of aromatic nitrogens is 1. The Kier molecular flexibility index (Phi) is 3.04. The van der Waals surface area contributed by atoms with Crippen LogP contribution in [0.3, 0.4) is 0 Å². The van der Waals surface area contributed by atoms with Crippen LogP contribution < -0.4 is 5.32 Å². The number of nitrogens with one attached hydrogen (secondary N) is 1. The number of hydrogen-bond acceptors (Lipinski definition) is 3. The normalized spacial score (nSPS) is 9.55. The van der Waals surface area contributed by atoms with E-state index in [0.29, 0.717) is 13.0 Å². The average molecular weight is 172 g/mol. The summed E-state index contributed by atoms with van der Waals surface area (Å²) in [6.45, 7) is 2.59. The highest BCUT2D eigenvalue weighted by atomic mass is 32.1. The van der Waals surface area contributed by atoms with Crippen molar-refractivity contribution in [2.75, 3.05) is 6.54 Å². The zero-order chi connectivity index (χ0) is 8.10. The Balaban J connectivity index is 0.00000121. The van der Waals surface area contributed by atoms with Crippen molar-refractivity contribution in [1.29, 1.82) is 0 Å². The number of thiazole rings is 1. The molecule has 0 spiro atoms. The van der Waals surface area contributed by atoms with Crippen molar-refractivity contribution in [2.24, 2.45) is 0 Å². The molecule has 4 heteroatoms. The second kappa shape index (κ2) is 4.08. The highest BCUT2D eigenvalue weighted by Gasteiger charge is 2.01. The first kappa shape index (κ1) is 8.20. The quantitative estimate of drug-likeness (QED) is 0.741. The standard InChI is InChI=1S/C7H10N2OS.H2/c1-2-8-7(10)3-6-4-11-5-9-6;/h4-5H,2-3H2,1H3,(H,8,10);1H. The molecule has 0 fully saturated rings. The fourth-order valence-electron chi connectivity index (χ4n) is 0.749. The summed E-state index contributed by atoms with van der Waals surface area (Å²) in [4.78, 5) is 15.0. The van der Waals surface area contributed by atoms with Crippen molar-refractivity contribution in [1.82, 2.24) is 10.3 Å². The Morgan fingerprint density at radius 2 is 2.73 bits per heavy atom. The zero-order valence-electron chi connectivity index (χ0n) is 6.33. The number of carbonyl (C=O) groups is 1. The highest BCUT2D eigenvalue weighted by Crippen LogP contribution is 2.00. The molecule has 0 aliphatic heterocycles. The van der Waals surface area contributed by atoms with Crippen LogP contribution in [0.15, 0.2) is 10.9 Å². The van der Waals surface area contributed by atoms with E-state index in [0.717, 1.165) is 5.69 Å². The van der Waals surface area contributed by atoms with Crippen molar-refractivity contribution in [3.63, 3.8) is 0 Å². The predicted octanol–water partition coefficient (Wildman–Crippen LogP) is 1.07. The van der Waals surface area contributed by atoms with Gasteiger partial charge in [0.05, 0.1) is 17.6 Å². The van der Waals surface area contributed by atoms with Crippen LogP contribution in [0.5, 0.6) is 0 Å². The van der Waals surface area contributed by atoms with Crippen LogP contribution in [-0.4, -0.2) is 17.4 Å². The Hall–Kier alpha value is -0.900. The lowest BCUT2D eigenvalue weighted by Crippen LogP contribution is -2.24. The van der Waals surface area contributed by atoms with Crippen LogP contribution in [0.25, 0.3) is 0 Å². The molecule has 0 bridgehead atoms. The maximum Gasteiger partial charge on any atom is 0.226 e. The van der Waals surface area contributed by atoms with Gasteiger partial charge in [-0.3, -0.25) is 4.79 Å². The Labute approximate surface area is 70.9 Å². The van der Waals surface area contributed by atoms with Crippen LogP contribution >= 0.6 is 11.3 Å². The summed E-state index contributed by atoms with van der Waals surface area (Å²) in [5, 5.41) is 4.59. The summed E-state index contributed by atoms with van der Waals surface area (Å²) in [5.41, 5.74) is 2.58. The minimum absolute atomic E-state index is 0. The van der Waals surface area contributed by atoms with Crippen LogP contribution in [0.2, 0.25) is 0 Å². The van der Waals surface area contributed by atoms with Gasteiger partial charge in [-0.2, -0.15) is 0 Å². The second-order valence-electron chi connectivity index (χ2n) is 2.11. The average Bonchev–Trinajstić information content (AvgIpc) is 2.40. The SMILES string of the molecule is CCNC(=O)Cc1cscn1.[HH]. The van der Waals surface area contributed by atoms with E-state index in [4.69, 9.17) is 0 Å². The molecular weight excluding hydrogens is 160 g/mol. The molecule has 0 saturated carbocycles. The van der Waals surface area contributed by atoms with Crippen LogP contribution in [0, 0.1) is 0 Å². The third-order valence-corrected chi connectivity index (χ3v) is 1.83. The molecular formula is C7H12N2OS. The minimum Gasteiger partial charge on any atom is -0.356 e. The zero-order valence-corrected chi connectivity index (χ0v) is 7.15. The summed E-state index contributed by atoms with van der Waals surface area (Å²) in [5.74, 6) is 0.0402. The van der Waals surface area contributed by atoms with Gasteiger partial charge in [0.25, 0.3) is 0 Å². The summed E-state index contributed by atoms with van der Waals surface area (Å²) in [7, 11) is 0. The minimum atomic E-state index is 0. The second-order valence-corrected chi connectivity index (χ2v) is 2.83. The number of rotatable bonds is 3. The molecule has 0 aromatic carbocycles. The fraction of sp³-hybridized carbons (Fsp3) is 0.429. The van der Waals surface area contributed by atoms with Gasteiger partial charge in [-0.25, -0.2) is 4.98 Å². The number of likely N-dealkylation sites (N-methyl/N-ethyl adjacent to an activating group) is 1. The van der Waals surface area contributed by atoms with E-state index in [9.17, 15) is 4.79 Å². The fourth-order valence-corrected chi connectivity index (χ4v) is 1.31. The Morgan fingerprint density at radius 1 is 1.91 bits per heavy atom. The lowest BCUT2D eigenvalue weighted by atomic mass is 10.3. The smallest absolute Gasteiger partial charge is 0.226 e. The molecule has 1 N–H and O–H groups in total. The lowest BCUT2D eigenvalue weighted by Gasteiger charge is -1.97. The predicted molar refractivity (Wildman–Crippen MR) is 46.6 cm³/mol. The van der Waals surface area contributed by atoms with Crippen molar-refractivity contribution < 1.29 is 6.22 Å². The Bertz CT molecular complexity index is 225. The summed E-state index contributed by atoms with van der Waals surface area (Å²) < 4.78 is 0. The maximum absolute atomic E-state index is 11.0. The molecule has 11 heavy (non-hydrogen) atoms. The van der Waals surface area contributed by atoms with Crippen molar-refractivity contribution in [3.8, 4) is 0 Å². The van der Waals surface area contributed by atoms with E-state index in [1.807, 2.05) is 12.3 Å². The van der Waals surface area contributed by atoms with Gasteiger partial charge in [-0.1, -0.05) is 0 Å². The first-order valence-corrected chi connectivity index (χ1v) is 4.41. The van der Waals surface area contributed by atoms with Crippen LogP contribution in [0.4, 0.5) is 0 Å². The topological polar surface area (TPSA) is 42.0 Å². The molecule has 1 heterocycles. The number of carbonyl (C=O) groups excluding carboxylic acids is 1. The molecule has 0 saturated heterocycles. The van der Waals surface area contributed by atoms with Gasteiger partial charge in [0.15, 0.2) is 0 Å². The maximum atomic E-state index is 11.0. The molecule has 1 amide bonds. The lowest BCUT2D eigenvalue weighted by molar-refractivity contribution is -0.120. The molecule has 0 atom stereocenters. The van der Waals surface area contributed by atoms with Gasteiger partial charge in [0.2, 0.25) is 5.91 Å². The molecule has 0 unspecified atom stereocenters. The van der Waals surface area contributed by atoms with Crippen LogP contribution in [0.1, 0.15) is 14.0 Å². The number of nitrogens with zero attached hydrogens (tertiary/aromatic N) is 1. The molecule has 0 aliphatic carbocycles. The number of amides is 1. The summed E-state index contributed by atoms with van der Waals surface area (Å²) >= 11 is 1.51. The van der Waals surface area contributed by atoms with E-state index < -0.39 is 0 Å². The molecule has 1 rings (SSSR count). The third-order valence-electron chi connectivity index (χ3n) is 1.20. The van der Waals surface area contributed by atoms with Gasteiger partial charge < -0.3 is 5.32 Å². The van der Waals surface area contributed by atoms with E-state index >= 15 is 0 Å². The number of hydrogen-bond donors (Lipinski definition) is 1. The van der Waals surface area contributed by atoms with E-state index in [-0.39, 0.29) is 7.33 Å². The van der Waals surface area contributed by atoms with Gasteiger partial charge in [0, 0.05) is 13.4 Å². The van der Waals surface area contributed by atoms with E-state index in [2.05, 4.69) is 10.3 Å². The van der Waals surface area contributed by atoms with Gasteiger partial charge >= 0.3 is 0 Å². The Morgan fingerprint density at radius 3 is 3.27 bits per heavy atom. The molecule has 1 aromatic rings. The summed E-state index contributed by atoms with van der Waals surface area (Å²) in [6.07, 6.45) is 0.400. The van der Waals surface area contributed by atoms with Crippen LogP contribution in [-0.2, 0) is 11.2 Å². The molecule has 1 aromatic heterocycles. The third kappa shape index (κ3) is 2.67. The van der Waals surface area contributed by atoms with Gasteiger partial charge in [0.1, 0.15) is 0 Å². The van der Waals surface area contributed by atoms with Crippen molar-refractivity contribution >= 4 is 17.2 Å². The molecule has 0 radical (unpaired) electrons. The highest BCUT2D eigenvalue weighted by molar-refractivity contribution is 7.07. The van der Waals surface area contributed by atoms with E-state index in [1.54, 1.807) is 5.51 Å². The monoisotopic (exact) mass is 172 g/mol. The van der Waals surface area contributed by atoms with E-state index in [1.165, 1.54) is 11.3 Å². The largest absolute Gasteiger partial charge is 0.356 e. The first-order valence-electron chi connectivity index (χ1n) is 3.46. The molecule has 0 aliphatic rings. The molecule has 3 nitrogen and oxygen atoms in total. The van der Waals surface area contributed by atoms with Crippen molar-refractivity contribution in [2.45, 2.75) is 13.3 Å². The molecule has 62 valence electrons.